The van der Waals surface area contributed by atoms with Gasteiger partial charge >= 0.3 is 0 Å². The van der Waals surface area contributed by atoms with Gasteiger partial charge in [-0.3, -0.25) is 4.98 Å². The van der Waals surface area contributed by atoms with E-state index in [9.17, 15) is 4.39 Å². The fourth-order valence-electron chi connectivity index (χ4n) is 3.31. The number of pyridine rings is 1. The first-order chi connectivity index (χ1) is 14.6. The number of benzene rings is 1. The van der Waals surface area contributed by atoms with Crippen molar-refractivity contribution in [1.82, 2.24) is 24.5 Å². The minimum atomic E-state index is -0.278. The van der Waals surface area contributed by atoms with Gasteiger partial charge in [0.15, 0.2) is 17.0 Å². The Labute approximate surface area is 174 Å². The topological polar surface area (TPSA) is 94.5 Å². The molecule has 0 aliphatic heterocycles. The summed E-state index contributed by atoms with van der Waals surface area (Å²) in [5.41, 5.74) is 9.79. The molecule has 154 valence electrons. The highest BCUT2D eigenvalue weighted by Gasteiger charge is 2.12. The Kier molecular flexibility index (Phi) is 5.83. The van der Waals surface area contributed by atoms with Gasteiger partial charge in [0.1, 0.15) is 5.82 Å². The number of hydrogen-bond donors (Lipinski definition) is 2. The first kappa shape index (κ1) is 19.8. The first-order valence-corrected chi connectivity index (χ1v) is 10.1. The molecule has 4 aromatic rings. The van der Waals surface area contributed by atoms with Crippen LogP contribution in [0, 0.1) is 5.82 Å². The summed E-state index contributed by atoms with van der Waals surface area (Å²) in [6.45, 7) is 3.53. The van der Waals surface area contributed by atoms with Crippen LogP contribution in [-0.4, -0.2) is 24.5 Å². The number of nitrogens with two attached hydrogens (primary N) is 1. The number of halogens is 1. The second-order valence-corrected chi connectivity index (χ2v) is 7.16. The molecule has 30 heavy (non-hydrogen) atoms. The van der Waals surface area contributed by atoms with E-state index in [1.54, 1.807) is 18.6 Å². The molecule has 0 bridgehead atoms. The van der Waals surface area contributed by atoms with E-state index in [1.165, 1.54) is 12.1 Å². The Bertz CT molecular complexity index is 1140. The Morgan fingerprint density at radius 2 is 2.00 bits per heavy atom. The van der Waals surface area contributed by atoms with Gasteiger partial charge in [-0.2, -0.15) is 9.97 Å². The average Bonchev–Trinajstić information content (AvgIpc) is 3.15. The van der Waals surface area contributed by atoms with Crippen molar-refractivity contribution in [2.24, 2.45) is 0 Å². The van der Waals surface area contributed by atoms with E-state index in [0.29, 0.717) is 17.9 Å². The Hall–Kier alpha value is -3.55. The number of aromatic nitrogens is 5. The fraction of sp³-hybridized carbons (Fsp3) is 0.273. The molecule has 0 aliphatic rings. The summed E-state index contributed by atoms with van der Waals surface area (Å²) in [7, 11) is 0. The van der Waals surface area contributed by atoms with Crippen LogP contribution in [0.15, 0.2) is 48.9 Å². The van der Waals surface area contributed by atoms with Gasteiger partial charge < -0.3 is 15.6 Å². The highest BCUT2D eigenvalue weighted by Crippen LogP contribution is 2.22. The van der Waals surface area contributed by atoms with Crippen molar-refractivity contribution >= 4 is 22.9 Å². The smallest absolute Gasteiger partial charge is 0.224 e. The van der Waals surface area contributed by atoms with Crippen molar-refractivity contribution in [3.63, 3.8) is 0 Å². The quantitative estimate of drug-likeness (QED) is 0.422. The van der Waals surface area contributed by atoms with E-state index in [4.69, 9.17) is 5.73 Å². The summed E-state index contributed by atoms with van der Waals surface area (Å²) in [6.07, 6.45) is 6.93. The second-order valence-electron chi connectivity index (χ2n) is 7.16. The molecule has 3 heterocycles. The van der Waals surface area contributed by atoms with Crippen molar-refractivity contribution in [2.75, 3.05) is 11.1 Å². The van der Waals surface area contributed by atoms with E-state index in [0.717, 1.165) is 48.3 Å². The van der Waals surface area contributed by atoms with Crippen LogP contribution < -0.4 is 11.1 Å². The van der Waals surface area contributed by atoms with Gasteiger partial charge in [-0.05, 0) is 30.2 Å². The molecule has 3 aromatic heterocycles. The molecule has 0 unspecified atom stereocenters. The number of hydrogen-bond acceptors (Lipinski definition) is 6. The lowest BCUT2D eigenvalue weighted by molar-refractivity contribution is 0.610. The molecule has 0 spiro atoms. The standard InChI is InChI=1S/C22H24FN7/c1-2-3-4-10-30-14-27-19-20(28-22(24)29-21(19)30)26-13-15-8-9-18(25-12-15)16-6-5-7-17(23)11-16/h5-9,11-12,14H,2-4,10,13H2,1H3,(H3,24,26,28,29). The van der Waals surface area contributed by atoms with Crippen molar-refractivity contribution in [1.29, 1.82) is 0 Å². The first-order valence-electron chi connectivity index (χ1n) is 10.1. The number of unbranched alkanes of at least 4 members (excludes halogenated alkanes) is 2. The predicted molar refractivity (Wildman–Crippen MR) is 116 cm³/mol. The molecule has 3 N–H and O–H groups in total. The van der Waals surface area contributed by atoms with Crippen molar-refractivity contribution in [3.8, 4) is 11.3 Å². The van der Waals surface area contributed by atoms with Gasteiger partial charge in [-0.1, -0.05) is 38.0 Å². The van der Waals surface area contributed by atoms with Crippen LogP contribution in [0.2, 0.25) is 0 Å². The van der Waals surface area contributed by atoms with Gasteiger partial charge in [0, 0.05) is 24.8 Å². The third kappa shape index (κ3) is 4.37. The molecule has 0 aliphatic carbocycles. The van der Waals surface area contributed by atoms with Crippen LogP contribution in [0.4, 0.5) is 16.2 Å². The highest BCUT2D eigenvalue weighted by molar-refractivity contribution is 5.84. The van der Waals surface area contributed by atoms with Crippen molar-refractivity contribution in [3.05, 3.63) is 60.3 Å². The second kappa shape index (κ2) is 8.86. The zero-order valence-electron chi connectivity index (χ0n) is 16.8. The molecular weight excluding hydrogens is 381 g/mol. The van der Waals surface area contributed by atoms with Gasteiger partial charge in [-0.25, -0.2) is 9.37 Å². The van der Waals surface area contributed by atoms with Gasteiger partial charge in [0.25, 0.3) is 0 Å². The molecular formula is C22H24FN7. The number of imidazole rings is 1. The average molecular weight is 405 g/mol. The highest BCUT2D eigenvalue weighted by atomic mass is 19.1. The van der Waals surface area contributed by atoms with Crippen LogP contribution in [0.3, 0.4) is 0 Å². The van der Waals surface area contributed by atoms with Gasteiger partial charge in [0.05, 0.1) is 12.0 Å². The molecule has 0 amide bonds. The number of nitrogens with zero attached hydrogens (tertiary/aromatic N) is 5. The van der Waals surface area contributed by atoms with Crippen molar-refractivity contribution < 1.29 is 4.39 Å². The summed E-state index contributed by atoms with van der Waals surface area (Å²) in [5.74, 6) is 0.530. The monoisotopic (exact) mass is 405 g/mol. The van der Waals surface area contributed by atoms with Gasteiger partial charge in [-0.15, -0.1) is 0 Å². The number of rotatable bonds is 8. The van der Waals surface area contributed by atoms with E-state index >= 15 is 0 Å². The lowest BCUT2D eigenvalue weighted by atomic mass is 10.1. The molecule has 7 nitrogen and oxygen atoms in total. The minimum absolute atomic E-state index is 0.210. The van der Waals surface area contributed by atoms with Crippen LogP contribution in [0.25, 0.3) is 22.4 Å². The predicted octanol–water partition coefficient (Wildman–Crippen LogP) is 4.41. The molecule has 0 radical (unpaired) electrons. The summed E-state index contributed by atoms with van der Waals surface area (Å²) >= 11 is 0. The van der Waals surface area contributed by atoms with Crippen LogP contribution in [-0.2, 0) is 13.1 Å². The largest absolute Gasteiger partial charge is 0.368 e. The number of nitrogen functional groups attached to an aromatic ring is 1. The van der Waals surface area contributed by atoms with E-state index in [2.05, 4.69) is 32.2 Å². The Morgan fingerprint density at radius 1 is 1.10 bits per heavy atom. The zero-order chi connectivity index (χ0) is 20.9. The minimum Gasteiger partial charge on any atom is -0.368 e. The van der Waals surface area contributed by atoms with Crippen molar-refractivity contribution in [2.45, 2.75) is 39.3 Å². The van der Waals surface area contributed by atoms with Gasteiger partial charge in [0.2, 0.25) is 5.95 Å². The molecule has 8 heteroatoms. The molecule has 0 fully saturated rings. The van der Waals surface area contributed by atoms with E-state index in [1.807, 2.05) is 22.8 Å². The Morgan fingerprint density at radius 3 is 2.77 bits per heavy atom. The maximum Gasteiger partial charge on any atom is 0.224 e. The summed E-state index contributed by atoms with van der Waals surface area (Å²) in [6, 6.07) is 10.2. The van der Waals surface area contributed by atoms with Crippen LogP contribution in [0.5, 0.6) is 0 Å². The third-order valence-corrected chi connectivity index (χ3v) is 4.89. The van der Waals surface area contributed by atoms with E-state index in [-0.39, 0.29) is 11.8 Å². The van der Waals surface area contributed by atoms with Crippen LogP contribution in [0.1, 0.15) is 31.7 Å². The Balaban J connectivity index is 1.49. The molecule has 4 rings (SSSR count). The maximum atomic E-state index is 13.4. The lowest BCUT2D eigenvalue weighted by Crippen LogP contribution is -2.07. The fourth-order valence-corrected chi connectivity index (χ4v) is 3.31. The summed E-state index contributed by atoms with van der Waals surface area (Å²) in [5, 5.41) is 3.29. The summed E-state index contributed by atoms with van der Waals surface area (Å²) in [4.78, 5) is 17.6. The van der Waals surface area contributed by atoms with Crippen LogP contribution >= 0.6 is 0 Å². The number of anilines is 2. The molecule has 0 saturated carbocycles. The maximum absolute atomic E-state index is 13.4. The number of aryl methyl sites for hydroxylation is 1. The van der Waals surface area contributed by atoms with E-state index < -0.39 is 0 Å². The SMILES string of the molecule is CCCCCn1cnc2c(NCc3ccc(-c4cccc(F)c4)nc3)nc(N)nc21. The molecule has 1 aromatic carbocycles. The number of nitrogens with one attached hydrogen (secondary N) is 1. The third-order valence-electron chi connectivity index (χ3n) is 4.89. The summed E-state index contributed by atoms with van der Waals surface area (Å²) < 4.78 is 15.4. The molecule has 0 atom stereocenters. The lowest BCUT2D eigenvalue weighted by Gasteiger charge is -2.09. The number of fused-ring (bicyclic) bond motifs is 1. The molecule has 0 saturated heterocycles. The zero-order valence-corrected chi connectivity index (χ0v) is 16.8. The normalized spacial score (nSPS) is 11.1.